The zero-order chi connectivity index (χ0) is 14.7. The highest BCUT2D eigenvalue weighted by molar-refractivity contribution is 6.05. The van der Waals surface area contributed by atoms with Gasteiger partial charge in [-0.3, -0.25) is 4.79 Å². The fraction of sp³-hybridized carbons (Fsp3) is 0.211. The number of carbonyl (C=O) groups excluding carboxylic acids is 1. The van der Waals surface area contributed by atoms with Crippen LogP contribution in [0.5, 0.6) is 0 Å². The number of nitrogens with zero attached hydrogens (tertiary/aromatic N) is 1. The Balaban J connectivity index is 1.92. The quantitative estimate of drug-likeness (QED) is 0.784. The molecular weight excluding hydrogens is 258 g/mol. The first-order valence-corrected chi connectivity index (χ1v) is 7.27. The Hall–Kier alpha value is -2.19. The second-order valence-electron chi connectivity index (χ2n) is 5.60. The third-order valence-electron chi connectivity index (χ3n) is 3.91. The number of benzene rings is 2. The number of hydrogen-bond acceptors (Lipinski definition) is 2. The number of Topliss-reactive ketones (excluding diaryl/α,β-unsaturated/α-hetero) is 1. The molecule has 0 aliphatic carbocycles. The molecule has 1 aliphatic heterocycles. The van der Waals surface area contributed by atoms with Gasteiger partial charge in [0.15, 0.2) is 5.78 Å². The van der Waals surface area contributed by atoms with Crippen LogP contribution < -0.4 is 0 Å². The monoisotopic (exact) mass is 277 g/mol. The predicted molar refractivity (Wildman–Crippen MR) is 86.1 cm³/mol. The van der Waals surface area contributed by atoms with E-state index in [1.54, 1.807) is 0 Å². The lowest BCUT2D eigenvalue weighted by Crippen LogP contribution is -2.38. The second kappa shape index (κ2) is 6.06. The van der Waals surface area contributed by atoms with Crippen LogP contribution in [-0.2, 0) is 4.79 Å². The number of hydrogen-bond donors (Lipinski definition) is 0. The van der Waals surface area contributed by atoms with Gasteiger partial charge in [-0.25, -0.2) is 0 Å². The van der Waals surface area contributed by atoms with Crippen LogP contribution in [0.15, 0.2) is 66.2 Å². The molecule has 0 aromatic heterocycles. The average Bonchev–Trinajstić information content (AvgIpc) is 2.52. The van der Waals surface area contributed by atoms with Crippen LogP contribution >= 0.6 is 0 Å². The van der Waals surface area contributed by atoms with Gasteiger partial charge in [0, 0.05) is 18.7 Å². The van der Waals surface area contributed by atoms with Gasteiger partial charge >= 0.3 is 0 Å². The second-order valence-corrected chi connectivity index (χ2v) is 5.60. The minimum atomic E-state index is -0.0556. The molecule has 2 heteroatoms. The van der Waals surface area contributed by atoms with Crippen LogP contribution in [0.3, 0.4) is 0 Å². The topological polar surface area (TPSA) is 20.3 Å². The van der Waals surface area contributed by atoms with Gasteiger partial charge in [0.2, 0.25) is 0 Å². The van der Waals surface area contributed by atoms with E-state index in [9.17, 15) is 4.79 Å². The first-order valence-electron chi connectivity index (χ1n) is 7.27. The summed E-state index contributed by atoms with van der Waals surface area (Å²) in [4.78, 5) is 15.0. The summed E-state index contributed by atoms with van der Waals surface area (Å²) in [6.07, 6.45) is 2.02. The minimum absolute atomic E-state index is 0.0556. The van der Waals surface area contributed by atoms with Crippen LogP contribution in [-0.4, -0.2) is 30.8 Å². The third kappa shape index (κ3) is 3.11. The molecule has 0 bridgehead atoms. The predicted octanol–water partition coefficient (Wildman–Crippen LogP) is 3.37. The first-order chi connectivity index (χ1) is 10.2. The van der Waals surface area contributed by atoms with Gasteiger partial charge in [0.25, 0.3) is 0 Å². The molecule has 0 radical (unpaired) electrons. The molecule has 1 fully saturated rings. The SMILES string of the molecule is CN1CC(=Cc2ccccc2)C(=O)C(c2ccccc2)C1. The maximum absolute atomic E-state index is 12.8. The van der Waals surface area contributed by atoms with Crippen molar-refractivity contribution in [1.29, 1.82) is 0 Å². The molecule has 3 rings (SSSR count). The molecule has 2 aromatic carbocycles. The van der Waals surface area contributed by atoms with Crippen LogP contribution in [0.1, 0.15) is 17.0 Å². The molecule has 0 N–H and O–H groups in total. The summed E-state index contributed by atoms with van der Waals surface area (Å²) in [6.45, 7) is 1.51. The number of carbonyl (C=O) groups is 1. The molecular formula is C19H19NO. The van der Waals surface area contributed by atoms with Crippen molar-refractivity contribution in [3.05, 3.63) is 77.4 Å². The fourth-order valence-electron chi connectivity index (χ4n) is 2.86. The van der Waals surface area contributed by atoms with Gasteiger partial charge in [-0.05, 0) is 24.3 Å². The molecule has 0 amide bonds. The summed E-state index contributed by atoms with van der Waals surface area (Å²) < 4.78 is 0. The summed E-state index contributed by atoms with van der Waals surface area (Å²) in [6, 6.07) is 20.1. The van der Waals surface area contributed by atoms with Gasteiger partial charge in [0.1, 0.15) is 0 Å². The number of likely N-dealkylation sites (N-methyl/N-ethyl adjacent to an activating group) is 1. The van der Waals surface area contributed by atoms with Crippen molar-refractivity contribution >= 4 is 11.9 Å². The summed E-state index contributed by atoms with van der Waals surface area (Å²) in [5, 5.41) is 0. The normalized spacial score (nSPS) is 21.7. The molecule has 106 valence electrons. The van der Waals surface area contributed by atoms with E-state index in [1.165, 1.54) is 0 Å². The number of piperidine rings is 1. The molecule has 21 heavy (non-hydrogen) atoms. The third-order valence-corrected chi connectivity index (χ3v) is 3.91. The van der Waals surface area contributed by atoms with Crippen molar-refractivity contribution in [2.75, 3.05) is 20.1 Å². The molecule has 2 nitrogen and oxygen atoms in total. The maximum atomic E-state index is 12.8. The van der Waals surface area contributed by atoms with E-state index in [2.05, 4.69) is 11.9 Å². The summed E-state index contributed by atoms with van der Waals surface area (Å²) in [5.41, 5.74) is 3.08. The fourth-order valence-corrected chi connectivity index (χ4v) is 2.86. The van der Waals surface area contributed by atoms with E-state index < -0.39 is 0 Å². The van der Waals surface area contributed by atoms with Crippen molar-refractivity contribution in [1.82, 2.24) is 4.90 Å². The first kappa shape index (κ1) is 13.8. The zero-order valence-electron chi connectivity index (χ0n) is 12.2. The molecule has 0 spiro atoms. The van der Waals surface area contributed by atoms with Gasteiger partial charge in [-0.2, -0.15) is 0 Å². The van der Waals surface area contributed by atoms with Gasteiger partial charge in [-0.15, -0.1) is 0 Å². The number of likely N-dealkylation sites (tertiary alicyclic amines) is 1. The largest absolute Gasteiger partial charge is 0.301 e. The van der Waals surface area contributed by atoms with Crippen LogP contribution in [0.2, 0.25) is 0 Å². The molecule has 0 saturated carbocycles. The highest BCUT2D eigenvalue weighted by Crippen LogP contribution is 2.27. The van der Waals surface area contributed by atoms with Crippen molar-refractivity contribution < 1.29 is 4.79 Å². The molecule has 1 atom stereocenters. The van der Waals surface area contributed by atoms with Crippen molar-refractivity contribution in [3.8, 4) is 0 Å². The maximum Gasteiger partial charge on any atom is 0.168 e. The van der Waals surface area contributed by atoms with Crippen LogP contribution in [0.25, 0.3) is 6.08 Å². The molecule has 1 saturated heterocycles. The Bertz CT molecular complexity index is 646. The summed E-state index contributed by atoms with van der Waals surface area (Å²) in [5.74, 6) is 0.197. The van der Waals surface area contributed by atoms with E-state index in [-0.39, 0.29) is 11.7 Å². The smallest absolute Gasteiger partial charge is 0.168 e. The van der Waals surface area contributed by atoms with Gasteiger partial charge in [-0.1, -0.05) is 60.7 Å². The zero-order valence-corrected chi connectivity index (χ0v) is 12.2. The molecule has 1 aliphatic rings. The highest BCUT2D eigenvalue weighted by Gasteiger charge is 2.30. The van der Waals surface area contributed by atoms with E-state index >= 15 is 0 Å². The summed E-state index contributed by atoms with van der Waals surface area (Å²) in [7, 11) is 2.07. The molecule has 1 unspecified atom stereocenters. The lowest BCUT2D eigenvalue weighted by Gasteiger charge is -2.31. The van der Waals surface area contributed by atoms with E-state index in [0.29, 0.717) is 0 Å². The van der Waals surface area contributed by atoms with Crippen LogP contribution in [0, 0.1) is 0 Å². The standard InChI is InChI=1S/C19H19NO/c1-20-13-17(12-15-8-4-2-5-9-15)19(21)18(14-20)16-10-6-3-7-11-16/h2-12,18H,13-14H2,1H3. The van der Waals surface area contributed by atoms with Gasteiger partial charge in [0.05, 0.1) is 5.92 Å². The Morgan fingerprint density at radius 2 is 1.62 bits per heavy atom. The van der Waals surface area contributed by atoms with Crippen molar-refractivity contribution in [3.63, 3.8) is 0 Å². The Kier molecular flexibility index (Phi) is 3.98. The van der Waals surface area contributed by atoms with Crippen molar-refractivity contribution in [2.24, 2.45) is 0 Å². The number of rotatable bonds is 2. The number of ketones is 1. The highest BCUT2D eigenvalue weighted by atomic mass is 16.1. The van der Waals surface area contributed by atoms with Crippen molar-refractivity contribution in [2.45, 2.75) is 5.92 Å². The lowest BCUT2D eigenvalue weighted by molar-refractivity contribution is -0.118. The Labute approximate surface area is 125 Å². The molecule has 2 aromatic rings. The average molecular weight is 277 g/mol. The Morgan fingerprint density at radius 3 is 2.29 bits per heavy atom. The minimum Gasteiger partial charge on any atom is -0.301 e. The Morgan fingerprint density at radius 1 is 1.00 bits per heavy atom. The van der Waals surface area contributed by atoms with Gasteiger partial charge < -0.3 is 4.90 Å². The van der Waals surface area contributed by atoms with E-state index in [4.69, 9.17) is 0 Å². The van der Waals surface area contributed by atoms with E-state index in [0.717, 1.165) is 29.8 Å². The van der Waals surface area contributed by atoms with E-state index in [1.807, 2.05) is 66.7 Å². The van der Waals surface area contributed by atoms with Crippen LogP contribution in [0.4, 0.5) is 0 Å². The lowest BCUT2D eigenvalue weighted by atomic mass is 9.86. The summed E-state index contributed by atoms with van der Waals surface area (Å²) >= 11 is 0. The molecule has 1 heterocycles.